The molecular formula is C27H24F5NO4S. The van der Waals surface area contributed by atoms with Crippen molar-refractivity contribution in [3.05, 3.63) is 95.3 Å². The van der Waals surface area contributed by atoms with Crippen molar-refractivity contribution < 1.29 is 39.9 Å². The van der Waals surface area contributed by atoms with Crippen molar-refractivity contribution in [1.29, 1.82) is 0 Å². The van der Waals surface area contributed by atoms with Crippen molar-refractivity contribution in [1.82, 2.24) is 4.31 Å². The molecule has 0 spiro atoms. The maximum absolute atomic E-state index is 14.2. The Balaban J connectivity index is 1.37. The third-order valence-electron chi connectivity index (χ3n) is 6.24. The van der Waals surface area contributed by atoms with Crippen LogP contribution in [-0.2, 0) is 34.0 Å². The lowest BCUT2D eigenvalue weighted by Crippen LogP contribution is -2.40. The molecule has 0 amide bonds. The second kappa shape index (κ2) is 11.2. The van der Waals surface area contributed by atoms with Crippen LogP contribution in [0, 0.1) is 5.82 Å². The van der Waals surface area contributed by atoms with Gasteiger partial charge >= 0.3 is 6.18 Å². The van der Waals surface area contributed by atoms with E-state index in [4.69, 9.17) is 4.74 Å². The van der Waals surface area contributed by atoms with Crippen molar-refractivity contribution in [3.63, 3.8) is 0 Å². The van der Waals surface area contributed by atoms with Crippen LogP contribution in [0.2, 0.25) is 0 Å². The Labute approximate surface area is 216 Å². The van der Waals surface area contributed by atoms with Crippen LogP contribution >= 0.6 is 0 Å². The van der Waals surface area contributed by atoms with E-state index in [1.807, 2.05) is 0 Å². The van der Waals surface area contributed by atoms with E-state index < -0.39 is 52.1 Å². The molecule has 1 heterocycles. The highest BCUT2D eigenvalue weighted by atomic mass is 32.2. The Kier molecular flexibility index (Phi) is 8.17. The summed E-state index contributed by atoms with van der Waals surface area (Å²) in [4.78, 5) is 12.7. The van der Waals surface area contributed by atoms with Crippen LogP contribution in [0.25, 0.3) is 0 Å². The summed E-state index contributed by atoms with van der Waals surface area (Å²) in [7, 11) is -4.19. The first-order chi connectivity index (χ1) is 17.9. The third-order valence-corrected chi connectivity index (χ3v) is 8.13. The van der Waals surface area contributed by atoms with Crippen LogP contribution in [0.1, 0.15) is 29.5 Å². The Hall–Kier alpha value is -3.31. The van der Waals surface area contributed by atoms with Crippen molar-refractivity contribution >= 4 is 15.8 Å². The number of alkyl halides is 4. The van der Waals surface area contributed by atoms with Crippen LogP contribution in [0.5, 0.6) is 5.75 Å². The molecule has 0 N–H and O–H groups in total. The second-order valence-corrected chi connectivity index (χ2v) is 10.9. The lowest BCUT2D eigenvalue weighted by Gasteiger charge is -2.23. The summed E-state index contributed by atoms with van der Waals surface area (Å²) < 4.78 is 98.1. The lowest BCUT2D eigenvalue weighted by atomic mass is 10.0. The molecule has 5 nitrogen and oxygen atoms in total. The highest BCUT2D eigenvalue weighted by Gasteiger charge is 2.43. The van der Waals surface area contributed by atoms with E-state index in [2.05, 4.69) is 0 Å². The zero-order valence-corrected chi connectivity index (χ0v) is 20.8. The topological polar surface area (TPSA) is 63.7 Å². The van der Waals surface area contributed by atoms with Gasteiger partial charge in [0.2, 0.25) is 10.0 Å². The molecule has 1 saturated heterocycles. The number of benzene rings is 3. The molecule has 2 atom stereocenters. The number of carbonyl (C=O) groups excluding carboxylic acids is 1. The van der Waals surface area contributed by atoms with Gasteiger partial charge in [0.05, 0.1) is 16.5 Å². The fourth-order valence-electron chi connectivity index (χ4n) is 4.24. The molecule has 1 aliphatic rings. The molecule has 0 saturated carbocycles. The normalized spacial score (nSPS) is 18.4. The fourth-order valence-corrected chi connectivity index (χ4v) is 5.89. The molecule has 3 aromatic carbocycles. The van der Waals surface area contributed by atoms with Gasteiger partial charge in [-0.2, -0.15) is 17.5 Å². The molecule has 3 aromatic rings. The molecule has 38 heavy (non-hydrogen) atoms. The monoisotopic (exact) mass is 553 g/mol. The first kappa shape index (κ1) is 27.7. The summed E-state index contributed by atoms with van der Waals surface area (Å²) in [6, 6.07) is 14.4. The van der Waals surface area contributed by atoms with E-state index in [-0.39, 0.29) is 30.8 Å². The molecule has 4 rings (SSSR count). The Bertz CT molecular complexity index is 1380. The maximum Gasteiger partial charge on any atom is 0.416 e. The van der Waals surface area contributed by atoms with Crippen LogP contribution < -0.4 is 4.74 Å². The summed E-state index contributed by atoms with van der Waals surface area (Å²) in [6.45, 7) is -0.417. The summed E-state index contributed by atoms with van der Waals surface area (Å²) in [5.74, 6) is -0.612. The minimum Gasteiger partial charge on any atom is -0.489 e. The molecule has 0 unspecified atom stereocenters. The number of hydrogen-bond acceptors (Lipinski definition) is 4. The number of rotatable bonds is 9. The van der Waals surface area contributed by atoms with Crippen molar-refractivity contribution in [3.8, 4) is 5.75 Å². The van der Waals surface area contributed by atoms with Gasteiger partial charge in [-0.3, -0.25) is 4.79 Å². The number of nitrogens with zero attached hydrogens (tertiary/aromatic N) is 1. The second-order valence-electron chi connectivity index (χ2n) is 8.97. The number of ketones is 1. The van der Waals surface area contributed by atoms with E-state index in [0.717, 1.165) is 40.7 Å². The van der Waals surface area contributed by atoms with Crippen LogP contribution in [-0.4, -0.2) is 37.3 Å². The number of sulfonamides is 1. The molecule has 0 bridgehead atoms. The third kappa shape index (κ3) is 6.57. The molecule has 0 radical (unpaired) electrons. The van der Waals surface area contributed by atoms with Gasteiger partial charge in [-0.05, 0) is 66.1 Å². The SMILES string of the molecule is O=C(CCc1cccc(OCc2ccc(C(F)(F)F)cc2)c1)[C@@H]1C[C@H](F)CN1S(=O)(=O)c1ccc(F)cc1. The zero-order valence-electron chi connectivity index (χ0n) is 20.0. The number of ether oxygens (including phenoxy) is 1. The highest BCUT2D eigenvalue weighted by Crippen LogP contribution is 2.31. The number of halogens is 5. The van der Waals surface area contributed by atoms with E-state index in [0.29, 0.717) is 16.9 Å². The summed E-state index contributed by atoms with van der Waals surface area (Å²) in [5, 5.41) is 0. The first-order valence-corrected chi connectivity index (χ1v) is 13.2. The van der Waals surface area contributed by atoms with E-state index >= 15 is 0 Å². The van der Waals surface area contributed by atoms with Crippen molar-refractivity contribution in [2.75, 3.05) is 6.54 Å². The average molecular weight is 554 g/mol. The van der Waals surface area contributed by atoms with Gasteiger partial charge in [-0.25, -0.2) is 17.2 Å². The number of carbonyl (C=O) groups is 1. The predicted octanol–water partition coefficient (Wildman–Crippen LogP) is 5.73. The molecule has 11 heteroatoms. The largest absolute Gasteiger partial charge is 0.489 e. The summed E-state index contributed by atoms with van der Waals surface area (Å²) in [6.07, 6.45) is -5.98. The Morgan fingerprint density at radius 2 is 1.66 bits per heavy atom. The molecule has 1 fully saturated rings. The lowest BCUT2D eigenvalue weighted by molar-refractivity contribution is -0.137. The quantitative estimate of drug-likeness (QED) is 0.318. The maximum atomic E-state index is 14.2. The molecule has 1 aliphatic heterocycles. The van der Waals surface area contributed by atoms with Gasteiger partial charge in [0.25, 0.3) is 0 Å². The van der Waals surface area contributed by atoms with Gasteiger partial charge in [0.1, 0.15) is 24.3 Å². The average Bonchev–Trinajstić information content (AvgIpc) is 3.29. The minimum atomic E-state index is -4.42. The number of Topliss-reactive ketones (excluding diaryl/α,β-unsaturated/α-hetero) is 1. The number of hydrogen-bond donors (Lipinski definition) is 0. The zero-order chi connectivity index (χ0) is 27.5. The van der Waals surface area contributed by atoms with Crippen molar-refractivity contribution in [2.24, 2.45) is 0 Å². The summed E-state index contributed by atoms with van der Waals surface area (Å²) in [5.41, 5.74) is 0.507. The summed E-state index contributed by atoms with van der Waals surface area (Å²) >= 11 is 0. The molecule has 0 aromatic heterocycles. The van der Waals surface area contributed by atoms with Gasteiger partial charge in [0, 0.05) is 19.4 Å². The fraction of sp³-hybridized carbons (Fsp3) is 0.296. The van der Waals surface area contributed by atoms with Gasteiger partial charge in [-0.1, -0.05) is 24.3 Å². The predicted molar refractivity (Wildman–Crippen MR) is 129 cm³/mol. The van der Waals surface area contributed by atoms with E-state index in [1.165, 1.54) is 12.1 Å². The van der Waals surface area contributed by atoms with Gasteiger partial charge < -0.3 is 4.74 Å². The highest BCUT2D eigenvalue weighted by molar-refractivity contribution is 7.89. The van der Waals surface area contributed by atoms with Crippen LogP contribution in [0.15, 0.2) is 77.7 Å². The Morgan fingerprint density at radius 1 is 0.974 bits per heavy atom. The van der Waals surface area contributed by atoms with E-state index in [9.17, 15) is 35.2 Å². The van der Waals surface area contributed by atoms with Gasteiger partial charge in [0.15, 0.2) is 5.78 Å². The minimum absolute atomic E-state index is 0.0384. The standard InChI is InChI=1S/C27H24F5NO4S/c28-21-9-11-24(12-10-21)38(35,36)33-16-22(29)15-25(33)26(34)13-6-18-2-1-3-23(14-18)37-17-19-4-7-20(8-5-19)27(30,31)32/h1-5,7-12,14,22,25H,6,13,15-17H2/t22-,25-/m0/s1. The van der Waals surface area contributed by atoms with E-state index in [1.54, 1.807) is 24.3 Å². The number of aryl methyl sites for hydroxylation is 1. The van der Waals surface area contributed by atoms with Crippen LogP contribution in [0.3, 0.4) is 0 Å². The Morgan fingerprint density at radius 3 is 2.32 bits per heavy atom. The smallest absolute Gasteiger partial charge is 0.416 e. The molecular weight excluding hydrogens is 529 g/mol. The first-order valence-electron chi connectivity index (χ1n) is 11.8. The molecule has 0 aliphatic carbocycles. The molecule has 202 valence electrons. The van der Waals surface area contributed by atoms with Gasteiger partial charge in [-0.15, -0.1) is 0 Å². The van der Waals surface area contributed by atoms with Crippen molar-refractivity contribution in [2.45, 2.75) is 49.2 Å². The van der Waals surface area contributed by atoms with Crippen LogP contribution in [0.4, 0.5) is 22.0 Å².